The molecular weight excluding hydrogens is 417 g/mol. The van der Waals surface area contributed by atoms with Gasteiger partial charge in [0, 0.05) is 24.3 Å². The molecule has 8 heteroatoms. The molecule has 2 aromatic rings. The van der Waals surface area contributed by atoms with Crippen molar-refractivity contribution >= 4 is 32.3 Å². The van der Waals surface area contributed by atoms with Crippen molar-refractivity contribution < 1.29 is 0 Å². The van der Waals surface area contributed by atoms with E-state index in [0.29, 0.717) is 30.5 Å². The molecule has 0 radical (unpaired) electrons. The zero-order valence-corrected chi connectivity index (χ0v) is 21.6. The van der Waals surface area contributed by atoms with Gasteiger partial charge in [-0.3, -0.25) is 9.77 Å². The lowest BCUT2D eigenvalue weighted by Gasteiger charge is -2.47. The average Bonchev–Trinajstić information content (AvgIpc) is 3.08. The molecule has 2 atom stereocenters. The minimum absolute atomic E-state index is 0.135. The van der Waals surface area contributed by atoms with Crippen molar-refractivity contribution in [1.29, 1.82) is 0 Å². The highest BCUT2D eigenvalue weighted by Crippen LogP contribution is 2.45. The third-order valence-electron chi connectivity index (χ3n) is 6.14. The Bertz CT molecular complexity index is 1040. The van der Waals surface area contributed by atoms with Crippen molar-refractivity contribution in [3.8, 4) is 0 Å². The lowest BCUT2D eigenvalue weighted by Crippen LogP contribution is -2.48. The minimum Gasteiger partial charge on any atom is -0.366 e. The summed E-state index contributed by atoms with van der Waals surface area (Å²) < 4.78 is 1.79. The number of benzene rings is 1. The van der Waals surface area contributed by atoms with Gasteiger partial charge in [0.05, 0.1) is 24.5 Å². The van der Waals surface area contributed by atoms with Crippen molar-refractivity contribution in [3.05, 3.63) is 40.9 Å². The maximum Gasteiger partial charge on any atom is 0.255 e. The van der Waals surface area contributed by atoms with Crippen LogP contribution in [0.4, 0.5) is 22.9 Å². The van der Waals surface area contributed by atoms with Crippen LogP contribution in [0.15, 0.2) is 28.4 Å². The lowest BCUT2D eigenvalue weighted by molar-refractivity contribution is 0.381. The summed E-state index contributed by atoms with van der Waals surface area (Å²) in [5, 5.41) is 16.9. The molecule has 3 rings (SSSR count). The number of rotatable bonds is 6. The Labute approximate surface area is 194 Å². The molecule has 0 spiro atoms. The molecule has 0 amide bonds. The van der Waals surface area contributed by atoms with Crippen molar-refractivity contribution in [3.63, 3.8) is 0 Å². The van der Waals surface area contributed by atoms with Crippen LogP contribution in [-0.2, 0) is 12.0 Å². The summed E-state index contributed by atoms with van der Waals surface area (Å²) in [6, 6.07) is 6.33. The number of aromatic nitrogens is 2. The first-order valence-corrected chi connectivity index (χ1v) is 11.9. The van der Waals surface area contributed by atoms with Gasteiger partial charge in [-0.1, -0.05) is 37.1 Å². The molecule has 2 unspecified atom stereocenters. The monoisotopic (exact) mass is 453 g/mol. The van der Waals surface area contributed by atoms with Gasteiger partial charge in [-0.15, -0.1) is 5.11 Å². The van der Waals surface area contributed by atoms with Crippen LogP contribution in [0.1, 0.15) is 72.1 Å². The Morgan fingerprint density at radius 3 is 2.62 bits per heavy atom. The molecule has 1 N–H and O–H groups in total. The zero-order chi connectivity index (χ0) is 23.7. The predicted octanol–water partition coefficient (Wildman–Crippen LogP) is 6.64. The van der Waals surface area contributed by atoms with Crippen molar-refractivity contribution in [1.82, 2.24) is 14.9 Å². The topological polar surface area (TPSA) is 62.2 Å². The Hall–Kier alpha value is -2.29. The average molecular weight is 454 g/mol. The van der Waals surface area contributed by atoms with E-state index in [1.54, 1.807) is 4.68 Å². The summed E-state index contributed by atoms with van der Waals surface area (Å²) in [6.45, 7) is 25.4. The number of anilines is 1. The summed E-state index contributed by atoms with van der Waals surface area (Å²) in [7, 11) is 2.50. The normalized spacial score (nSPS) is 18.1. The van der Waals surface area contributed by atoms with E-state index in [9.17, 15) is 0 Å². The quantitative estimate of drug-likeness (QED) is 0.303. The SMILES string of the molecule is [C-]#[N+]c1c(C(C)(C)C)nn(CCNP)c1N=Nc1ccc2c(c1)C(C)CC(C)(C)N2CC. The fourth-order valence-corrected chi connectivity index (χ4v) is 4.85. The van der Waals surface area contributed by atoms with Gasteiger partial charge < -0.3 is 4.90 Å². The van der Waals surface area contributed by atoms with Crippen LogP contribution in [0.5, 0.6) is 0 Å². The molecule has 2 heterocycles. The predicted molar refractivity (Wildman–Crippen MR) is 136 cm³/mol. The third kappa shape index (κ3) is 4.72. The summed E-state index contributed by atoms with van der Waals surface area (Å²) in [6.07, 6.45) is 1.10. The second-order valence-corrected chi connectivity index (χ2v) is 10.6. The molecule has 0 saturated heterocycles. The van der Waals surface area contributed by atoms with Crippen LogP contribution >= 0.6 is 9.39 Å². The van der Waals surface area contributed by atoms with Gasteiger partial charge >= 0.3 is 0 Å². The molecule has 1 aromatic heterocycles. The molecule has 0 fully saturated rings. The molecule has 1 aliphatic rings. The van der Waals surface area contributed by atoms with Crippen molar-refractivity contribution in [2.24, 2.45) is 10.2 Å². The first-order valence-electron chi connectivity index (χ1n) is 11.3. The Balaban J connectivity index is 2.02. The Kier molecular flexibility index (Phi) is 7.07. The standard InChI is InChI=1S/C24H36N7P/c1-9-30-19-11-10-17(14-18(19)16(2)15-24(30,6)7)27-28-22-20(25-8)21(23(3,4)5)29-31(22)13-12-26-32/h10-11,14,16,26H,9,12-13,15,32H2,1-7H3. The molecular formula is C24H36N7P. The Morgan fingerprint density at radius 2 is 2.03 bits per heavy atom. The van der Waals surface area contributed by atoms with E-state index >= 15 is 0 Å². The van der Waals surface area contributed by atoms with Gasteiger partial charge in [0.15, 0.2) is 5.82 Å². The summed E-state index contributed by atoms with van der Waals surface area (Å²) in [5.41, 5.74) is 4.52. The van der Waals surface area contributed by atoms with Gasteiger partial charge in [-0.25, -0.2) is 4.85 Å². The molecule has 0 bridgehead atoms. The molecule has 0 saturated carbocycles. The number of hydrogen-bond donors (Lipinski definition) is 1. The molecule has 32 heavy (non-hydrogen) atoms. The largest absolute Gasteiger partial charge is 0.366 e. The zero-order valence-electron chi connectivity index (χ0n) is 20.4. The van der Waals surface area contributed by atoms with E-state index in [0.717, 1.165) is 24.3 Å². The molecule has 172 valence electrons. The van der Waals surface area contributed by atoms with E-state index in [2.05, 4.69) is 95.1 Å². The van der Waals surface area contributed by atoms with Gasteiger partial charge in [0.2, 0.25) is 0 Å². The fourth-order valence-electron chi connectivity index (χ4n) is 4.72. The highest BCUT2D eigenvalue weighted by Gasteiger charge is 2.35. The summed E-state index contributed by atoms with van der Waals surface area (Å²) in [5.74, 6) is 0.968. The van der Waals surface area contributed by atoms with Crippen LogP contribution in [0.3, 0.4) is 0 Å². The molecule has 1 aromatic carbocycles. The van der Waals surface area contributed by atoms with Crippen LogP contribution in [0.25, 0.3) is 4.85 Å². The molecule has 7 nitrogen and oxygen atoms in total. The minimum atomic E-state index is -0.249. The van der Waals surface area contributed by atoms with Crippen molar-refractivity contribution in [2.75, 3.05) is 18.0 Å². The van der Waals surface area contributed by atoms with E-state index < -0.39 is 0 Å². The second kappa shape index (κ2) is 9.29. The number of azo groups is 1. The van der Waals surface area contributed by atoms with E-state index in [-0.39, 0.29) is 11.0 Å². The molecule has 0 aliphatic carbocycles. The highest BCUT2D eigenvalue weighted by molar-refractivity contribution is 7.13. The van der Waals surface area contributed by atoms with Gasteiger partial charge in [0.25, 0.3) is 5.69 Å². The van der Waals surface area contributed by atoms with Crippen LogP contribution in [0.2, 0.25) is 0 Å². The Morgan fingerprint density at radius 1 is 1.31 bits per heavy atom. The van der Waals surface area contributed by atoms with Crippen LogP contribution in [0, 0.1) is 6.57 Å². The lowest BCUT2D eigenvalue weighted by atomic mass is 9.80. The van der Waals surface area contributed by atoms with Gasteiger partial charge in [-0.2, -0.15) is 10.2 Å². The number of nitrogens with one attached hydrogen (secondary N) is 1. The summed E-state index contributed by atoms with van der Waals surface area (Å²) in [4.78, 5) is 6.25. The van der Waals surface area contributed by atoms with Gasteiger partial charge in [0.1, 0.15) is 0 Å². The van der Waals surface area contributed by atoms with Crippen LogP contribution in [-0.4, -0.2) is 28.4 Å². The highest BCUT2D eigenvalue weighted by atomic mass is 31.0. The third-order valence-corrected chi connectivity index (χ3v) is 6.43. The van der Waals surface area contributed by atoms with E-state index in [1.165, 1.54) is 11.3 Å². The maximum atomic E-state index is 7.76. The van der Waals surface area contributed by atoms with E-state index in [4.69, 9.17) is 11.7 Å². The smallest absolute Gasteiger partial charge is 0.255 e. The first-order chi connectivity index (χ1) is 15.0. The first kappa shape index (κ1) is 24.4. The maximum absolute atomic E-state index is 7.76. The number of nitrogens with zero attached hydrogens (tertiary/aromatic N) is 6. The van der Waals surface area contributed by atoms with Crippen LogP contribution < -0.4 is 9.99 Å². The van der Waals surface area contributed by atoms with E-state index in [1.807, 2.05) is 6.07 Å². The number of hydrogen-bond acceptors (Lipinski definition) is 5. The van der Waals surface area contributed by atoms with Gasteiger partial charge in [-0.05, 0) is 62.3 Å². The second-order valence-electron chi connectivity index (χ2n) is 10.2. The number of fused-ring (bicyclic) bond motifs is 1. The molecule has 1 aliphatic heterocycles. The summed E-state index contributed by atoms with van der Waals surface area (Å²) >= 11 is 0. The fraction of sp³-hybridized carbons (Fsp3) is 0.583. The van der Waals surface area contributed by atoms with Crippen molar-refractivity contribution in [2.45, 2.75) is 78.3 Å².